The summed E-state index contributed by atoms with van der Waals surface area (Å²) in [5.41, 5.74) is 2.22. The zero-order valence-electron chi connectivity index (χ0n) is 18.8. The molecule has 2 aromatic rings. The maximum Gasteiger partial charge on any atom is 0.410 e. The van der Waals surface area contributed by atoms with Crippen LogP contribution in [0, 0.1) is 13.8 Å². The number of aryl methyl sites for hydroxylation is 2. The molecule has 0 spiro atoms. The van der Waals surface area contributed by atoms with E-state index in [1.165, 1.54) is 29.2 Å². The van der Waals surface area contributed by atoms with E-state index in [-0.39, 0.29) is 36.6 Å². The van der Waals surface area contributed by atoms with E-state index in [1.54, 1.807) is 32.0 Å². The van der Waals surface area contributed by atoms with Crippen molar-refractivity contribution in [3.05, 3.63) is 70.3 Å². The lowest BCUT2D eigenvalue weighted by molar-refractivity contribution is -0.120. The van der Waals surface area contributed by atoms with E-state index in [2.05, 4.69) is 0 Å². The van der Waals surface area contributed by atoms with Crippen LogP contribution < -0.4 is 0 Å². The van der Waals surface area contributed by atoms with Gasteiger partial charge in [-0.2, -0.15) is 8.78 Å². The number of ether oxygens (including phenoxy) is 1. The number of cyclic esters (lactones) is 1. The predicted molar refractivity (Wildman–Crippen MR) is 119 cm³/mol. The number of carbonyl (C=O) groups is 2. The fourth-order valence-corrected chi connectivity index (χ4v) is 4.20. The molecule has 0 radical (unpaired) electrons. The first-order valence-corrected chi connectivity index (χ1v) is 11.0. The van der Waals surface area contributed by atoms with E-state index in [0.29, 0.717) is 30.5 Å². The van der Waals surface area contributed by atoms with Gasteiger partial charge in [-0.05, 0) is 62.9 Å². The van der Waals surface area contributed by atoms with Crippen molar-refractivity contribution in [1.29, 1.82) is 0 Å². The number of hydrogen-bond acceptors (Lipinski definition) is 4. The lowest BCUT2D eigenvalue weighted by atomic mass is 9.94. The molecular weight excluding hydrogens is 432 g/mol. The number of hydrogen-bond donors (Lipinski definition) is 2. The Morgan fingerprint density at radius 2 is 1.82 bits per heavy atom. The summed E-state index contributed by atoms with van der Waals surface area (Å²) in [7, 11) is 0. The van der Waals surface area contributed by atoms with Crippen LogP contribution >= 0.6 is 0 Å². The first-order valence-electron chi connectivity index (χ1n) is 11.0. The highest BCUT2D eigenvalue weighted by molar-refractivity contribution is 5.87. The molecule has 0 bridgehead atoms. The first-order chi connectivity index (χ1) is 15.6. The van der Waals surface area contributed by atoms with Gasteiger partial charge < -0.3 is 19.8 Å². The van der Waals surface area contributed by atoms with Crippen molar-refractivity contribution in [3.8, 4) is 0 Å². The largest absolute Gasteiger partial charge is 0.478 e. The van der Waals surface area contributed by atoms with E-state index < -0.39 is 24.1 Å². The molecule has 33 heavy (non-hydrogen) atoms. The number of nitrogens with zero attached hydrogens (tertiary/aromatic N) is 1. The zero-order chi connectivity index (χ0) is 24.2. The molecular formula is C25H29F2NO5. The van der Waals surface area contributed by atoms with E-state index >= 15 is 0 Å². The van der Waals surface area contributed by atoms with Gasteiger partial charge in [0.15, 0.2) is 0 Å². The minimum absolute atomic E-state index is 0.165. The molecule has 1 amide bonds. The SMILES string of the molecule is Cc1cc(C)cc(C(F)(F)[C@H](O)CCC2CCOC(=O)N2CCc2ccc(C(=O)O)cc2)c1. The molecule has 1 aliphatic heterocycles. The number of carbonyl (C=O) groups excluding carboxylic acids is 1. The van der Waals surface area contributed by atoms with E-state index in [4.69, 9.17) is 9.84 Å². The summed E-state index contributed by atoms with van der Waals surface area (Å²) in [6, 6.07) is 10.6. The monoisotopic (exact) mass is 461 g/mol. The van der Waals surface area contributed by atoms with Gasteiger partial charge in [0.05, 0.1) is 12.2 Å². The van der Waals surface area contributed by atoms with Crippen molar-refractivity contribution in [3.63, 3.8) is 0 Å². The molecule has 178 valence electrons. The van der Waals surface area contributed by atoms with Crippen LogP contribution in [-0.4, -0.2) is 52.5 Å². The average Bonchev–Trinajstić information content (AvgIpc) is 2.76. The van der Waals surface area contributed by atoms with Crippen LogP contribution in [0.3, 0.4) is 0 Å². The van der Waals surface area contributed by atoms with Gasteiger partial charge in [-0.25, -0.2) is 9.59 Å². The summed E-state index contributed by atoms with van der Waals surface area (Å²) in [4.78, 5) is 24.8. The Bertz CT molecular complexity index is 973. The Hall–Kier alpha value is -3.00. The smallest absolute Gasteiger partial charge is 0.410 e. The molecule has 0 aromatic heterocycles. The molecule has 8 heteroatoms. The van der Waals surface area contributed by atoms with Gasteiger partial charge >= 0.3 is 12.1 Å². The van der Waals surface area contributed by atoms with Crippen molar-refractivity contribution in [1.82, 2.24) is 4.90 Å². The number of aliphatic hydroxyl groups is 1. The summed E-state index contributed by atoms with van der Waals surface area (Å²) in [5, 5.41) is 19.3. The third kappa shape index (κ3) is 6.07. The Kier molecular flexibility index (Phi) is 7.68. The average molecular weight is 462 g/mol. The summed E-state index contributed by atoms with van der Waals surface area (Å²) in [5.74, 6) is -4.42. The Morgan fingerprint density at radius 3 is 2.42 bits per heavy atom. The molecule has 0 aliphatic carbocycles. The topological polar surface area (TPSA) is 87.1 Å². The van der Waals surface area contributed by atoms with Gasteiger partial charge in [-0.15, -0.1) is 0 Å². The minimum Gasteiger partial charge on any atom is -0.478 e. The standard InChI is InChI=1S/C25H29F2NO5/c1-16-13-17(2)15-20(14-16)25(26,27)22(29)8-7-21-10-12-33-24(32)28(21)11-9-18-3-5-19(6-4-18)23(30)31/h3-6,13-15,21-22,29H,7-12H2,1-2H3,(H,30,31)/t21?,22-/m1/s1. The Morgan fingerprint density at radius 1 is 1.18 bits per heavy atom. The van der Waals surface area contributed by atoms with Gasteiger partial charge in [0.2, 0.25) is 0 Å². The number of amides is 1. The second-order valence-electron chi connectivity index (χ2n) is 8.59. The number of alkyl halides is 2. The highest BCUT2D eigenvalue weighted by Crippen LogP contribution is 2.35. The molecule has 1 fully saturated rings. The predicted octanol–water partition coefficient (Wildman–Crippen LogP) is 4.69. The van der Waals surface area contributed by atoms with Crippen molar-refractivity contribution in [2.24, 2.45) is 0 Å². The molecule has 2 N–H and O–H groups in total. The van der Waals surface area contributed by atoms with Gasteiger partial charge in [-0.3, -0.25) is 0 Å². The van der Waals surface area contributed by atoms with Crippen LogP contribution in [0.4, 0.5) is 13.6 Å². The van der Waals surface area contributed by atoms with Crippen LogP contribution in [0.1, 0.15) is 51.9 Å². The van der Waals surface area contributed by atoms with Gasteiger partial charge in [0.25, 0.3) is 5.92 Å². The molecule has 1 heterocycles. The number of aliphatic hydroxyl groups excluding tert-OH is 1. The van der Waals surface area contributed by atoms with Crippen LogP contribution in [-0.2, 0) is 17.1 Å². The summed E-state index contributed by atoms with van der Waals surface area (Å²) in [6.45, 7) is 3.98. The molecule has 3 rings (SSSR count). The molecule has 1 aliphatic rings. The second-order valence-corrected chi connectivity index (χ2v) is 8.59. The highest BCUT2D eigenvalue weighted by Gasteiger charge is 2.41. The molecule has 6 nitrogen and oxygen atoms in total. The number of halogens is 2. The molecule has 2 atom stereocenters. The summed E-state index contributed by atoms with van der Waals surface area (Å²) < 4.78 is 34.9. The summed E-state index contributed by atoms with van der Waals surface area (Å²) >= 11 is 0. The molecule has 2 aromatic carbocycles. The Balaban J connectivity index is 1.62. The summed E-state index contributed by atoms with van der Waals surface area (Å²) in [6.07, 6.45) is -1.37. The number of carboxylic acids is 1. The van der Waals surface area contributed by atoms with Crippen molar-refractivity contribution in [2.75, 3.05) is 13.2 Å². The molecule has 0 saturated carbocycles. The zero-order valence-corrected chi connectivity index (χ0v) is 18.8. The van der Waals surface area contributed by atoms with Crippen LogP contribution in [0.5, 0.6) is 0 Å². The second kappa shape index (κ2) is 10.3. The fourth-order valence-electron chi connectivity index (χ4n) is 4.20. The van der Waals surface area contributed by atoms with Crippen LogP contribution in [0.25, 0.3) is 0 Å². The van der Waals surface area contributed by atoms with Gasteiger partial charge in [-0.1, -0.05) is 29.3 Å². The third-order valence-corrected chi connectivity index (χ3v) is 5.99. The van der Waals surface area contributed by atoms with E-state index in [9.17, 15) is 23.5 Å². The number of carboxylic acid groups (broad SMARTS) is 1. The lowest BCUT2D eigenvalue weighted by Crippen LogP contribution is -2.47. The van der Waals surface area contributed by atoms with Gasteiger partial charge in [0.1, 0.15) is 6.10 Å². The maximum atomic E-state index is 14.9. The quantitative estimate of drug-likeness (QED) is 0.566. The fraction of sp³-hybridized carbons (Fsp3) is 0.440. The minimum atomic E-state index is -3.40. The van der Waals surface area contributed by atoms with Crippen LogP contribution in [0.15, 0.2) is 42.5 Å². The Labute approximate surface area is 191 Å². The van der Waals surface area contributed by atoms with Crippen molar-refractivity contribution in [2.45, 2.75) is 57.6 Å². The maximum absolute atomic E-state index is 14.9. The first kappa shape index (κ1) is 24.6. The highest BCUT2D eigenvalue weighted by atomic mass is 19.3. The third-order valence-electron chi connectivity index (χ3n) is 5.99. The number of rotatable bonds is 9. The number of aromatic carboxylic acids is 1. The van der Waals surface area contributed by atoms with E-state index in [0.717, 1.165) is 5.56 Å². The van der Waals surface area contributed by atoms with Crippen molar-refractivity contribution < 1.29 is 33.3 Å². The van der Waals surface area contributed by atoms with Crippen LogP contribution in [0.2, 0.25) is 0 Å². The molecule has 1 saturated heterocycles. The number of benzene rings is 2. The molecule has 1 unspecified atom stereocenters. The lowest BCUT2D eigenvalue weighted by Gasteiger charge is -2.36. The van der Waals surface area contributed by atoms with Gasteiger partial charge in [0, 0.05) is 24.6 Å². The van der Waals surface area contributed by atoms with Crippen molar-refractivity contribution >= 4 is 12.1 Å². The normalized spacial score (nSPS) is 17.5. The van der Waals surface area contributed by atoms with E-state index in [1.807, 2.05) is 0 Å².